The average molecular weight is 415 g/mol. The maximum atomic E-state index is 12.5. The summed E-state index contributed by atoms with van der Waals surface area (Å²) in [5.41, 5.74) is 0.410. The Labute approximate surface area is 173 Å². The number of nitriles is 1. The predicted molar refractivity (Wildman–Crippen MR) is 109 cm³/mol. The van der Waals surface area contributed by atoms with Gasteiger partial charge in [-0.2, -0.15) is 5.26 Å². The fourth-order valence-corrected chi connectivity index (χ4v) is 3.46. The standard InChI is InChI=1S/C20H25N5O5/c1-20(30-2)5-7-25(8-6-20)17-13(9-21)18(28)24-14-3-4-15(23-16(14)17)19(29)22-10-12(27)11-26/h3-4,12,26-27H,5-8,10-11H2,1-2H3,(H,22,29)(H,24,28). The monoisotopic (exact) mass is 415 g/mol. The number of hydrogen-bond acceptors (Lipinski definition) is 8. The third kappa shape index (κ3) is 4.28. The number of carbonyl (C=O) groups is 1. The van der Waals surface area contributed by atoms with Gasteiger partial charge in [-0.25, -0.2) is 4.98 Å². The van der Waals surface area contributed by atoms with Gasteiger partial charge < -0.3 is 30.2 Å². The number of rotatable bonds is 6. The molecule has 1 atom stereocenters. The molecule has 1 unspecified atom stereocenters. The number of piperidine rings is 1. The number of H-pyrrole nitrogens is 1. The second-order valence-corrected chi connectivity index (χ2v) is 7.57. The Kier molecular flexibility index (Phi) is 6.36. The molecule has 0 aromatic carbocycles. The van der Waals surface area contributed by atoms with Gasteiger partial charge in [0.25, 0.3) is 11.5 Å². The molecule has 1 saturated heterocycles. The van der Waals surface area contributed by atoms with E-state index in [0.717, 1.165) is 0 Å². The quantitative estimate of drug-likeness (QED) is 0.510. The van der Waals surface area contributed by atoms with Gasteiger partial charge in [-0.05, 0) is 31.9 Å². The van der Waals surface area contributed by atoms with Crippen LogP contribution in [-0.4, -0.2) is 71.1 Å². The minimum absolute atomic E-state index is 0.0516. The lowest BCUT2D eigenvalue weighted by molar-refractivity contribution is -0.0132. The van der Waals surface area contributed by atoms with Crippen LogP contribution in [0.3, 0.4) is 0 Å². The maximum absolute atomic E-state index is 12.5. The van der Waals surface area contributed by atoms with E-state index in [2.05, 4.69) is 15.3 Å². The van der Waals surface area contributed by atoms with Gasteiger partial charge in [0.15, 0.2) is 0 Å². The number of carbonyl (C=O) groups excluding carboxylic acids is 1. The van der Waals surface area contributed by atoms with Crippen molar-refractivity contribution >= 4 is 22.6 Å². The lowest BCUT2D eigenvalue weighted by Crippen LogP contribution is -2.44. The Morgan fingerprint density at radius 1 is 1.47 bits per heavy atom. The molecule has 3 rings (SSSR count). The maximum Gasteiger partial charge on any atom is 0.269 e. The molecule has 1 amide bonds. The first-order chi connectivity index (χ1) is 14.3. The Balaban J connectivity index is 2.02. The van der Waals surface area contributed by atoms with Crippen LogP contribution in [0.15, 0.2) is 16.9 Å². The highest BCUT2D eigenvalue weighted by Gasteiger charge is 2.32. The Morgan fingerprint density at radius 3 is 2.77 bits per heavy atom. The lowest BCUT2D eigenvalue weighted by atomic mass is 9.92. The minimum atomic E-state index is -1.07. The van der Waals surface area contributed by atoms with Crippen LogP contribution in [0.1, 0.15) is 35.8 Å². The van der Waals surface area contributed by atoms with Crippen molar-refractivity contribution in [2.75, 3.05) is 38.3 Å². The van der Waals surface area contributed by atoms with Crippen LogP contribution in [-0.2, 0) is 4.74 Å². The first-order valence-corrected chi connectivity index (χ1v) is 9.66. The largest absolute Gasteiger partial charge is 0.394 e. The van der Waals surface area contributed by atoms with Crippen LogP contribution >= 0.6 is 0 Å². The van der Waals surface area contributed by atoms with Gasteiger partial charge in [0.05, 0.1) is 29.5 Å². The summed E-state index contributed by atoms with van der Waals surface area (Å²) >= 11 is 0. The molecule has 2 aromatic rings. The highest BCUT2D eigenvalue weighted by molar-refractivity contribution is 5.97. The van der Waals surface area contributed by atoms with Crippen LogP contribution in [0.5, 0.6) is 0 Å². The van der Waals surface area contributed by atoms with E-state index in [0.29, 0.717) is 42.7 Å². The third-order valence-corrected chi connectivity index (χ3v) is 5.52. The second-order valence-electron chi connectivity index (χ2n) is 7.57. The van der Waals surface area contributed by atoms with Crippen LogP contribution < -0.4 is 15.8 Å². The molecular weight excluding hydrogens is 390 g/mol. The molecule has 10 nitrogen and oxygen atoms in total. The summed E-state index contributed by atoms with van der Waals surface area (Å²) in [4.78, 5) is 33.8. The van der Waals surface area contributed by atoms with Crippen molar-refractivity contribution in [2.45, 2.75) is 31.5 Å². The minimum Gasteiger partial charge on any atom is -0.394 e. The fraction of sp³-hybridized carbons (Fsp3) is 0.500. The number of fused-ring (bicyclic) bond motifs is 1. The molecule has 1 fully saturated rings. The normalized spacial score (nSPS) is 16.8. The van der Waals surface area contributed by atoms with Crippen molar-refractivity contribution in [3.63, 3.8) is 0 Å². The van der Waals surface area contributed by atoms with Gasteiger partial charge in [0.1, 0.15) is 22.8 Å². The Bertz CT molecular complexity index is 1040. The van der Waals surface area contributed by atoms with Gasteiger partial charge in [0.2, 0.25) is 0 Å². The van der Waals surface area contributed by atoms with E-state index in [1.165, 1.54) is 6.07 Å². The molecule has 2 aromatic heterocycles. The number of amides is 1. The molecule has 0 bridgehead atoms. The number of pyridine rings is 2. The summed E-state index contributed by atoms with van der Waals surface area (Å²) in [5, 5.41) is 30.4. The molecular formula is C20H25N5O5. The van der Waals surface area contributed by atoms with Crippen LogP contribution in [0.4, 0.5) is 5.69 Å². The molecule has 30 heavy (non-hydrogen) atoms. The molecule has 160 valence electrons. The number of aromatic nitrogens is 2. The number of anilines is 1. The molecule has 4 N–H and O–H groups in total. The topological polar surface area (TPSA) is 152 Å². The molecule has 0 saturated carbocycles. The molecule has 3 heterocycles. The first-order valence-electron chi connectivity index (χ1n) is 9.66. The lowest BCUT2D eigenvalue weighted by Gasteiger charge is -2.39. The highest BCUT2D eigenvalue weighted by atomic mass is 16.5. The van der Waals surface area contributed by atoms with Crippen molar-refractivity contribution in [1.82, 2.24) is 15.3 Å². The second kappa shape index (κ2) is 8.79. The van der Waals surface area contributed by atoms with E-state index in [9.17, 15) is 20.0 Å². The van der Waals surface area contributed by atoms with Crippen molar-refractivity contribution in [3.05, 3.63) is 33.7 Å². The number of hydrogen-bond donors (Lipinski definition) is 4. The zero-order valence-electron chi connectivity index (χ0n) is 16.9. The summed E-state index contributed by atoms with van der Waals surface area (Å²) < 4.78 is 5.57. The van der Waals surface area contributed by atoms with Gasteiger partial charge in [0, 0.05) is 26.7 Å². The van der Waals surface area contributed by atoms with E-state index in [-0.39, 0.29) is 23.4 Å². The Morgan fingerprint density at radius 2 is 2.17 bits per heavy atom. The van der Waals surface area contributed by atoms with E-state index in [4.69, 9.17) is 9.84 Å². The zero-order valence-corrected chi connectivity index (χ0v) is 16.9. The van der Waals surface area contributed by atoms with Crippen LogP contribution in [0.25, 0.3) is 11.0 Å². The number of nitrogens with one attached hydrogen (secondary N) is 2. The number of aromatic amines is 1. The number of nitrogens with zero attached hydrogens (tertiary/aromatic N) is 3. The van der Waals surface area contributed by atoms with Crippen molar-refractivity contribution in [1.29, 1.82) is 5.26 Å². The first kappa shape index (κ1) is 21.7. The summed E-state index contributed by atoms with van der Waals surface area (Å²) in [6.45, 7) is 2.56. The van der Waals surface area contributed by atoms with Crippen LogP contribution in [0, 0.1) is 11.3 Å². The van der Waals surface area contributed by atoms with Crippen LogP contribution in [0.2, 0.25) is 0 Å². The zero-order chi connectivity index (χ0) is 21.9. The number of aliphatic hydroxyl groups excluding tert-OH is 2. The molecule has 1 aliphatic heterocycles. The van der Waals surface area contributed by atoms with E-state index >= 15 is 0 Å². The van der Waals surface area contributed by atoms with Crippen molar-refractivity contribution < 1.29 is 19.7 Å². The number of methoxy groups -OCH3 is 1. The molecule has 0 radical (unpaired) electrons. The van der Waals surface area contributed by atoms with Gasteiger partial charge in [-0.3, -0.25) is 9.59 Å². The smallest absolute Gasteiger partial charge is 0.269 e. The summed E-state index contributed by atoms with van der Waals surface area (Å²) in [6.07, 6.45) is 0.346. The number of ether oxygens (including phenoxy) is 1. The van der Waals surface area contributed by atoms with Crippen molar-refractivity contribution in [2.24, 2.45) is 0 Å². The summed E-state index contributed by atoms with van der Waals surface area (Å²) in [5.74, 6) is -0.536. The predicted octanol–water partition coefficient (Wildman–Crippen LogP) is -0.117. The van der Waals surface area contributed by atoms with E-state index in [1.54, 1.807) is 13.2 Å². The highest BCUT2D eigenvalue weighted by Crippen LogP contribution is 2.32. The molecule has 1 aliphatic rings. The van der Waals surface area contributed by atoms with E-state index < -0.39 is 24.2 Å². The SMILES string of the molecule is COC1(C)CCN(c2c(C#N)c(=O)[nH]c3ccc(C(=O)NCC(O)CO)nc23)CC1. The average Bonchev–Trinajstić information content (AvgIpc) is 2.76. The summed E-state index contributed by atoms with van der Waals surface area (Å²) in [7, 11) is 1.67. The van der Waals surface area contributed by atoms with Gasteiger partial charge >= 0.3 is 0 Å². The van der Waals surface area contributed by atoms with Gasteiger partial charge in [-0.1, -0.05) is 0 Å². The van der Waals surface area contributed by atoms with E-state index in [1.807, 2.05) is 17.9 Å². The molecule has 0 aliphatic carbocycles. The molecule has 0 spiro atoms. The third-order valence-electron chi connectivity index (χ3n) is 5.52. The van der Waals surface area contributed by atoms with Crippen molar-refractivity contribution in [3.8, 4) is 6.07 Å². The van der Waals surface area contributed by atoms with Gasteiger partial charge in [-0.15, -0.1) is 0 Å². The number of aliphatic hydroxyl groups is 2. The molecule has 10 heteroatoms. The fourth-order valence-electron chi connectivity index (χ4n) is 3.46. The Hall–Kier alpha value is -3.00. The summed E-state index contributed by atoms with van der Waals surface area (Å²) in [6, 6.07) is 4.98.